The van der Waals surface area contributed by atoms with Gasteiger partial charge >= 0.3 is 6.03 Å². The first-order valence-corrected chi connectivity index (χ1v) is 9.67. The Morgan fingerprint density at radius 2 is 2.03 bits per heavy atom. The molecule has 1 fully saturated rings. The molecule has 0 aliphatic carbocycles. The summed E-state index contributed by atoms with van der Waals surface area (Å²) < 4.78 is 6.78. The van der Waals surface area contributed by atoms with Crippen LogP contribution in [0.3, 0.4) is 0 Å². The van der Waals surface area contributed by atoms with Gasteiger partial charge in [0, 0.05) is 42.9 Å². The van der Waals surface area contributed by atoms with Crippen molar-refractivity contribution in [3.8, 4) is 0 Å². The number of rotatable bonds is 6. The molecular formula is C20H24N6O3. The predicted molar refractivity (Wildman–Crippen MR) is 109 cm³/mol. The lowest BCUT2D eigenvalue weighted by molar-refractivity contribution is -0.136. The molecule has 0 unspecified atom stereocenters. The number of hydrogen-bond acceptors (Lipinski definition) is 4. The van der Waals surface area contributed by atoms with Crippen molar-refractivity contribution in [2.75, 3.05) is 38.2 Å². The van der Waals surface area contributed by atoms with Gasteiger partial charge in [0.15, 0.2) is 0 Å². The second kappa shape index (κ2) is 8.78. The molecule has 0 atom stereocenters. The fourth-order valence-corrected chi connectivity index (χ4v) is 3.39. The lowest BCUT2D eigenvalue weighted by atomic mass is 10.1. The normalized spacial score (nSPS) is 14.1. The van der Waals surface area contributed by atoms with E-state index in [1.54, 1.807) is 11.1 Å². The summed E-state index contributed by atoms with van der Waals surface area (Å²) in [7, 11) is 0. The van der Waals surface area contributed by atoms with E-state index in [4.69, 9.17) is 4.74 Å². The van der Waals surface area contributed by atoms with Crippen molar-refractivity contribution in [2.24, 2.45) is 0 Å². The van der Waals surface area contributed by atoms with Gasteiger partial charge in [-0.25, -0.2) is 4.79 Å². The van der Waals surface area contributed by atoms with Crippen LogP contribution >= 0.6 is 0 Å². The maximum absolute atomic E-state index is 12.3. The number of urea groups is 1. The molecule has 0 bridgehead atoms. The minimum atomic E-state index is -0.302. The molecule has 9 heteroatoms. The van der Waals surface area contributed by atoms with Gasteiger partial charge in [-0.2, -0.15) is 5.10 Å². The summed E-state index contributed by atoms with van der Waals surface area (Å²) in [4.78, 5) is 29.4. The molecule has 0 saturated carbocycles. The number of aromatic amines is 1. The molecule has 1 aliphatic heterocycles. The SMILES string of the molecule is O=C(NCCc1c[nH]c2ccccc12)Nc1cnn(CC(=O)N2CCOCC2)c1. The average Bonchev–Trinajstić information content (AvgIpc) is 3.35. The number of nitrogens with one attached hydrogen (secondary N) is 3. The number of carbonyl (C=O) groups excluding carboxylic acids is 2. The Balaban J connectivity index is 1.23. The van der Waals surface area contributed by atoms with Gasteiger partial charge in [0.2, 0.25) is 5.91 Å². The largest absolute Gasteiger partial charge is 0.378 e. The number of amides is 3. The zero-order valence-electron chi connectivity index (χ0n) is 16.1. The first-order chi connectivity index (χ1) is 14.2. The number of morpholine rings is 1. The first kappa shape index (κ1) is 19.0. The Morgan fingerprint density at radius 3 is 2.90 bits per heavy atom. The molecule has 3 amide bonds. The van der Waals surface area contributed by atoms with E-state index in [0.717, 1.165) is 17.5 Å². The Kier molecular flexibility index (Phi) is 5.76. The van der Waals surface area contributed by atoms with Crippen LogP contribution in [0, 0.1) is 0 Å². The number of ether oxygens (including phenoxy) is 1. The number of anilines is 1. The van der Waals surface area contributed by atoms with Crippen molar-refractivity contribution in [1.82, 2.24) is 25.0 Å². The van der Waals surface area contributed by atoms with E-state index in [9.17, 15) is 9.59 Å². The Bertz CT molecular complexity index is 989. The summed E-state index contributed by atoms with van der Waals surface area (Å²) in [5, 5.41) is 10.9. The van der Waals surface area contributed by atoms with Crippen LogP contribution in [0.4, 0.5) is 10.5 Å². The third kappa shape index (κ3) is 4.75. The minimum absolute atomic E-state index is 0.00821. The standard InChI is InChI=1S/C20H24N6O3/c27-19(25-7-9-29-10-8-25)14-26-13-16(12-23-26)24-20(28)21-6-5-15-11-22-18-4-2-1-3-17(15)18/h1-4,11-13,22H,5-10,14H2,(H2,21,24,28). The highest BCUT2D eigenvalue weighted by Gasteiger charge is 2.17. The van der Waals surface area contributed by atoms with Gasteiger partial charge in [0.1, 0.15) is 6.54 Å². The fraction of sp³-hybridized carbons (Fsp3) is 0.350. The summed E-state index contributed by atoms with van der Waals surface area (Å²) in [6.45, 7) is 2.99. The van der Waals surface area contributed by atoms with Gasteiger partial charge < -0.3 is 25.3 Å². The lowest BCUT2D eigenvalue weighted by Crippen LogP contribution is -2.42. The maximum atomic E-state index is 12.3. The number of carbonyl (C=O) groups is 2. The summed E-state index contributed by atoms with van der Waals surface area (Å²) in [6, 6.07) is 7.78. The highest BCUT2D eigenvalue weighted by molar-refractivity contribution is 5.89. The number of para-hydroxylation sites is 1. The van der Waals surface area contributed by atoms with Gasteiger partial charge in [0.05, 0.1) is 25.1 Å². The fourth-order valence-electron chi connectivity index (χ4n) is 3.39. The smallest absolute Gasteiger partial charge is 0.319 e. The van der Waals surface area contributed by atoms with E-state index in [0.29, 0.717) is 38.5 Å². The average molecular weight is 396 g/mol. The molecule has 9 nitrogen and oxygen atoms in total. The van der Waals surface area contributed by atoms with Gasteiger partial charge in [-0.3, -0.25) is 9.48 Å². The molecule has 0 spiro atoms. The zero-order chi connectivity index (χ0) is 20.1. The number of nitrogens with zero attached hydrogens (tertiary/aromatic N) is 3. The molecule has 3 N–H and O–H groups in total. The summed E-state index contributed by atoms with van der Waals surface area (Å²) in [5.41, 5.74) is 2.80. The summed E-state index contributed by atoms with van der Waals surface area (Å²) >= 11 is 0. The Labute approximate surface area is 168 Å². The molecule has 1 saturated heterocycles. The van der Waals surface area contributed by atoms with Gasteiger partial charge in [-0.1, -0.05) is 18.2 Å². The van der Waals surface area contributed by atoms with Crippen molar-refractivity contribution in [3.05, 3.63) is 48.4 Å². The molecule has 0 radical (unpaired) electrons. The van der Waals surface area contributed by atoms with E-state index < -0.39 is 0 Å². The molecule has 29 heavy (non-hydrogen) atoms. The van der Waals surface area contributed by atoms with Crippen LogP contribution in [0.1, 0.15) is 5.56 Å². The van der Waals surface area contributed by atoms with Crippen LogP contribution in [0.15, 0.2) is 42.9 Å². The van der Waals surface area contributed by atoms with Crippen molar-refractivity contribution in [3.63, 3.8) is 0 Å². The quantitative estimate of drug-likeness (QED) is 0.588. The van der Waals surface area contributed by atoms with E-state index in [-0.39, 0.29) is 18.5 Å². The van der Waals surface area contributed by atoms with Crippen LogP contribution in [-0.2, 0) is 22.5 Å². The number of hydrogen-bond donors (Lipinski definition) is 3. The molecule has 3 heterocycles. The highest BCUT2D eigenvalue weighted by Crippen LogP contribution is 2.17. The molecule has 152 valence electrons. The zero-order valence-corrected chi connectivity index (χ0v) is 16.1. The molecule has 1 aliphatic rings. The van der Waals surface area contributed by atoms with Crippen LogP contribution in [-0.4, -0.2) is 64.5 Å². The topological polar surface area (TPSA) is 104 Å². The van der Waals surface area contributed by atoms with E-state index in [1.165, 1.54) is 16.3 Å². The second-order valence-electron chi connectivity index (χ2n) is 6.91. The molecular weight excluding hydrogens is 372 g/mol. The van der Waals surface area contributed by atoms with Gasteiger partial charge in [-0.15, -0.1) is 0 Å². The highest BCUT2D eigenvalue weighted by atomic mass is 16.5. The number of fused-ring (bicyclic) bond motifs is 1. The van der Waals surface area contributed by atoms with Crippen LogP contribution < -0.4 is 10.6 Å². The van der Waals surface area contributed by atoms with E-state index in [1.807, 2.05) is 24.4 Å². The van der Waals surface area contributed by atoms with Crippen molar-refractivity contribution in [2.45, 2.75) is 13.0 Å². The maximum Gasteiger partial charge on any atom is 0.319 e. The molecule has 3 aromatic rings. The summed E-state index contributed by atoms with van der Waals surface area (Å²) in [6.07, 6.45) is 5.88. The first-order valence-electron chi connectivity index (χ1n) is 9.67. The number of H-pyrrole nitrogens is 1. The van der Waals surface area contributed by atoms with Gasteiger partial charge in [0.25, 0.3) is 0 Å². The number of benzene rings is 1. The van der Waals surface area contributed by atoms with Crippen molar-refractivity contribution < 1.29 is 14.3 Å². The van der Waals surface area contributed by atoms with Gasteiger partial charge in [-0.05, 0) is 18.1 Å². The molecule has 1 aromatic carbocycles. The minimum Gasteiger partial charge on any atom is -0.378 e. The van der Waals surface area contributed by atoms with E-state index in [2.05, 4.69) is 26.8 Å². The predicted octanol–water partition coefficient (Wildman–Crippen LogP) is 1.59. The Hall–Kier alpha value is -3.33. The molecule has 4 rings (SSSR count). The second-order valence-corrected chi connectivity index (χ2v) is 6.91. The third-order valence-electron chi connectivity index (χ3n) is 4.91. The van der Waals surface area contributed by atoms with Crippen molar-refractivity contribution in [1.29, 1.82) is 0 Å². The van der Waals surface area contributed by atoms with Crippen LogP contribution in [0.25, 0.3) is 10.9 Å². The van der Waals surface area contributed by atoms with Crippen molar-refractivity contribution >= 4 is 28.5 Å². The van der Waals surface area contributed by atoms with Crippen LogP contribution in [0.2, 0.25) is 0 Å². The van der Waals surface area contributed by atoms with E-state index >= 15 is 0 Å². The third-order valence-corrected chi connectivity index (χ3v) is 4.91. The monoisotopic (exact) mass is 396 g/mol. The lowest BCUT2D eigenvalue weighted by Gasteiger charge is -2.26. The Morgan fingerprint density at radius 1 is 1.21 bits per heavy atom. The van der Waals surface area contributed by atoms with Crippen LogP contribution in [0.5, 0.6) is 0 Å². The number of aromatic nitrogens is 3. The molecule has 2 aromatic heterocycles. The summed E-state index contributed by atoms with van der Waals surface area (Å²) in [5.74, 6) is -0.00821.